The van der Waals surface area contributed by atoms with Crippen molar-refractivity contribution in [3.63, 3.8) is 0 Å². The van der Waals surface area contributed by atoms with Gasteiger partial charge in [0, 0.05) is 39.1 Å². The number of hydrogen-bond donors (Lipinski definition) is 3. The summed E-state index contributed by atoms with van der Waals surface area (Å²) in [6.07, 6.45) is 3.78. The van der Waals surface area contributed by atoms with Gasteiger partial charge < -0.3 is 20.5 Å². The van der Waals surface area contributed by atoms with Crippen molar-refractivity contribution in [2.75, 3.05) is 36.9 Å². The molecule has 0 radical (unpaired) electrons. The molecule has 0 amide bonds. The van der Waals surface area contributed by atoms with E-state index in [1.165, 1.54) is 0 Å². The fraction of sp³-hybridized carbons (Fsp3) is 0.692. The standard InChI is InChI=1S/C13H21ClN4O2/c1-2-5-15-12-16-8-10(14)11(18-12)17-9-13(19)3-6-20-7-4-13/h8,19H,2-7,9H2,1H3,(H2,15,16,17,18). The summed E-state index contributed by atoms with van der Waals surface area (Å²) < 4.78 is 5.25. The first-order valence-electron chi connectivity index (χ1n) is 6.93. The van der Waals surface area contributed by atoms with Crippen LogP contribution in [0.2, 0.25) is 5.02 Å². The summed E-state index contributed by atoms with van der Waals surface area (Å²) in [6.45, 7) is 4.45. The summed E-state index contributed by atoms with van der Waals surface area (Å²) in [4.78, 5) is 8.43. The molecule has 0 unspecified atom stereocenters. The van der Waals surface area contributed by atoms with Crippen LogP contribution in [-0.4, -0.2) is 47.0 Å². The van der Waals surface area contributed by atoms with E-state index in [2.05, 4.69) is 27.5 Å². The predicted molar refractivity (Wildman–Crippen MR) is 79.3 cm³/mol. The molecule has 7 heteroatoms. The van der Waals surface area contributed by atoms with Gasteiger partial charge in [0.25, 0.3) is 0 Å². The molecular weight excluding hydrogens is 280 g/mol. The number of ether oxygens (including phenoxy) is 1. The summed E-state index contributed by atoms with van der Waals surface area (Å²) in [5, 5.41) is 17.1. The van der Waals surface area contributed by atoms with Crippen molar-refractivity contribution in [1.82, 2.24) is 9.97 Å². The average molecular weight is 301 g/mol. The van der Waals surface area contributed by atoms with E-state index in [0.29, 0.717) is 49.4 Å². The van der Waals surface area contributed by atoms with Gasteiger partial charge in [-0.05, 0) is 6.42 Å². The van der Waals surface area contributed by atoms with Crippen molar-refractivity contribution >= 4 is 23.4 Å². The van der Waals surface area contributed by atoms with Gasteiger partial charge in [0.1, 0.15) is 5.02 Å². The molecule has 1 aliphatic rings. The van der Waals surface area contributed by atoms with E-state index in [1.54, 1.807) is 6.20 Å². The van der Waals surface area contributed by atoms with E-state index in [-0.39, 0.29) is 0 Å². The van der Waals surface area contributed by atoms with Gasteiger partial charge in [-0.1, -0.05) is 18.5 Å². The van der Waals surface area contributed by atoms with E-state index in [9.17, 15) is 5.11 Å². The molecule has 1 saturated heterocycles. The molecule has 1 fully saturated rings. The first kappa shape index (κ1) is 15.3. The first-order valence-corrected chi connectivity index (χ1v) is 7.31. The Hall–Kier alpha value is -1.11. The van der Waals surface area contributed by atoms with Gasteiger partial charge in [0.2, 0.25) is 5.95 Å². The molecule has 2 rings (SSSR count). The van der Waals surface area contributed by atoms with Gasteiger partial charge in [-0.3, -0.25) is 0 Å². The number of nitrogens with one attached hydrogen (secondary N) is 2. The van der Waals surface area contributed by atoms with Gasteiger partial charge in [0.15, 0.2) is 5.82 Å². The van der Waals surface area contributed by atoms with Crippen molar-refractivity contribution in [1.29, 1.82) is 0 Å². The van der Waals surface area contributed by atoms with Crippen LogP contribution in [0.15, 0.2) is 6.20 Å². The SMILES string of the molecule is CCCNc1ncc(Cl)c(NCC2(O)CCOCC2)n1. The molecule has 20 heavy (non-hydrogen) atoms. The number of aliphatic hydroxyl groups is 1. The molecule has 0 atom stereocenters. The predicted octanol–water partition coefficient (Wildman–Crippen LogP) is 1.91. The minimum Gasteiger partial charge on any atom is -0.388 e. The Morgan fingerprint density at radius 2 is 2.15 bits per heavy atom. The van der Waals surface area contributed by atoms with Gasteiger partial charge in [0.05, 0.1) is 11.8 Å². The number of anilines is 2. The third-order valence-corrected chi connectivity index (χ3v) is 3.56. The molecule has 6 nitrogen and oxygen atoms in total. The minimum absolute atomic E-state index is 0.403. The molecule has 2 heterocycles. The summed E-state index contributed by atoms with van der Waals surface area (Å²) >= 11 is 6.07. The van der Waals surface area contributed by atoms with E-state index >= 15 is 0 Å². The zero-order valence-corrected chi connectivity index (χ0v) is 12.4. The van der Waals surface area contributed by atoms with Gasteiger partial charge >= 0.3 is 0 Å². The first-order chi connectivity index (χ1) is 9.63. The lowest BCUT2D eigenvalue weighted by Gasteiger charge is -2.32. The van der Waals surface area contributed by atoms with Crippen LogP contribution in [0.1, 0.15) is 26.2 Å². The monoisotopic (exact) mass is 300 g/mol. The van der Waals surface area contributed by atoms with Crippen LogP contribution in [0.4, 0.5) is 11.8 Å². The third-order valence-electron chi connectivity index (χ3n) is 3.29. The zero-order chi connectivity index (χ0) is 14.4. The maximum Gasteiger partial charge on any atom is 0.224 e. The quantitative estimate of drug-likeness (QED) is 0.745. The topological polar surface area (TPSA) is 79.3 Å². The van der Waals surface area contributed by atoms with Crippen LogP contribution < -0.4 is 10.6 Å². The maximum atomic E-state index is 10.4. The summed E-state index contributed by atoms with van der Waals surface area (Å²) in [5.41, 5.74) is -0.760. The molecule has 112 valence electrons. The number of rotatable bonds is 6. The Bertz CT molecular complexity index is 438. The van der Waals surface area contributed by atoms with Crippen LogP contribution >= 0.6 is 11.6 Å². The fourth-order valence-electron chi connectivity index (χ4n) is 1.99. The summed E-state index contributed by atoms with van der Waals surface area (Å²) in [5.74, 6) is 1.08. The minimum atomic E-state index is -0.760. The smallest absolute Gasteiger partial charge is 0.224 e. The molecule has 3 N–H and O–H groups in total. The van der Waals surface area contributed by atoms with Crippen LogP contribution in [0, 0.1) is 0 Å². The Balaban J connectivity index is 1.97. The van der Waals surface area contributed by atoms with E-state index < -0.39 is 5.60 Å². The molecule has 0 aromatic carbocycles. The average Bonchev–Trinajstić information content (AvgIpc) is 2.46. The molecule has 0 saturated carbocycles. The Labute approximate surface area is 123 Å². The van der Waals surface area contributed by atoms with Crippen LogP contribution in [0.3, 0.4) is 0 Å². The van der Waals surface area contributed by atoms with Crippen molar-refractivity contribution < 1.29 is 9.84 Å². The number of halogens is 1. The lowest BCUT2D eigenvalue weighted by Crippen LogP contribution is -2.42. The summed E-state index contributed by atoms with van der Waals surface area (Å²) in [6, 6.07) is 0. The second-order valence-corrected chi connectivity index (χ2v) is 5.41. The van der Waals surface area contributed by atoms with Crippen molar-refractivity contribution in [2.45, 2.75) is 31.8 Å². The number of nitrogens with zero attached hydrogens (tertiary/aromatic N) is 2. The Kier molecular flexibility index (Phi) is 5.39. The van der Waals surface area contributed by atoms with Crippen LogP contribution in [0.25, 0.3) is 0 Å². The Morgan fingerprint density at radius 3 is 2.85 bits per heavy atom. The molecule has 1 aliphatic heterocycles. The van der Waals surface area contributed by atoms with E-state index in [0.717, 1.165) is 13.0 Å². The highest BCUT2D eigenvalue weighted by atomic mass is 35.5. The molecular formula is C13H21ClN4O2. The largest absolute Gasteiger partial charge is 0.388 e. The van der Waals surface area contributed by atoms with Crippen molar-refractivity contribution in [3.8, 4) is 0 Å². The highest BCUT2D eigenvalue weighted by Gasteiger charge is 2.29. The van der Waals surface area contributed by atoms with E-state index in [4.69, 9.17) is 16.3 Å². The second kappa shape index (κ2) is 7.06. The molecule has 0 spiro atoms. The lowest BCUT2D eigenvalue weighted by molar-refractivity contribution is -0.0543. The number of aromatic nitrogens is 2. The van der Waals surface area contributed by atoms with Gasteiger partial charge in [-0.2, -0.15) is 4.98 Å². The van der Waals surface area contributed by atoms with E-state index in [1.807, 2.05) is 0 Å². The third kappa shape index (κ3) is 4.19. The molecule has 1 aromatic rings. The molecule has 0 aliphatic carbocycles. The second-order valence-electron chi connectivity index (χ2n) is 5.01. The zero-order valence-electron chi connectivity index (χ0n) is 11.7. The molecule has 1 aromatic heterocycles. The summed E-state index contributed by atoms with van der Waals surface area (Å²) in [7, 11) is 0. The normalized spacial score (nSPS) is 17.8. The van der Waals surface area contributed by atoms with Crippen LogP contribution in [0.5, 0.6) is 0 Å². The fourth-order valence-corrected chi connectivity index (χ4v) is 2.15. The van der Waals surface area contributed by atoms with Gasteiger partial charge in [-0.15, -0.1) is 0 Å². The molecule has 0 bridgehead atoms. The van der Waals surface area contributed by atoms with Crippen molar-refractivity contribution in [3.05, 3.63) is 11.2 Å². The maximum absolute atomic E-state index is 10.4. The lowest BCUT2D eigenvalue weighted by atomic mass is 9.94. The number of hydrogen-bond acceptors (Lipinski definition) is 6. The van der Waals surface area contributed by atoms with Crippen LogP contribution in [-0.2, 0) is 4.74 Å². The van der Waals surface area contributed by atoms with Crippen molar-refractivity contribution in [2.24, 2.45) is 0 Å². The Morgan fingerprint density at radius 1 is 1.40 bits per heavy atom. The highest BCUT2D eigenvalue weighted by Crippen LogP contribution is 2.24. The highest BCUT2D eigenvalue weighted by molar-refractivity contribution is 6.32. The van der Waals surface area contributed by atoms with Gasteiger partial charge in [-0.25, -0.2) is 4.98 Å².